The number of aryl methyl sites for hydroxylation is 2. The highest BCUT2D eigenvalue weighted by Gasteiger charge is 2.44. The quantitative estimate of drug-likeness (QED) is 0.338. The van der Waals surface area contributed by atoms with Crippen molar-refractivity contribution in [3.63, 3.8) is 0 Å². The molecule has 9 nitrogen and oxygen atoms in total. The molecule has 0 bridgehead atoms. The van der Waals surface area contributed by atoms with Crippen LogP contribution in [0.4, 0.5) is 29.3 Å². The van der Waals surface area contributed by atoms with Crippen LogP contribution < -0.4 is 5.32 Å². The van der Waals surface area contributed by atoms with Crippen LogP contribution >= 0.6 is 0 Å². The van der Waals surface area contributed by atoms with Gasteiger partial charge in [0.25, 0.3) is 0 Å². The molecule has 0 aliphatic carbocycles. The molecule has 1 atom stereocenters. The molecule has 5 aromatic rings. The van der Waals surface area contributed by atoms with Crippen LogP contribution in [-0.4, -0.2) is 45.3 Å². The Bertz CT molecular complexity index is 1650. The normalized spacial score (nSPS) is 15.2. The van der Waals surface area contributed by atoms with Gasteiger partial charge in [-0.05, 0) is 30.7 Å². The minimum atomic E-state index is -3.82. The van der Waals surface area contributed by atoms with E-state index in [2.05, 4.69) is 30.6 Å². The lowest BCUT2D eigenvalue weighted by atomic mass is 10.1. The Morgan fingerprint density at radius 2 is 1.92 bits per heavy atom. The zero-order chi connectivity index (χ0) is 26.6. The SMILES string of the molecule is Cc1cnc(Nc2ccnn2C)nc1-c1cc2n(c1)C[C@H](F)Cn1c-2nnc1C(F)(F)c1ccccc1F. The van der Waals surface area contributed by atoms with Crippen LogP contribution in [0, 0.1) is 12.7 Å². The fraction of sp³-hybridized carbons (Fsp3) is 0.240. The van der Waals surface area contributed by atoms with E-state index in [1.165, 1.54) is 12.1 Å². The summed E-state index contributed by atoms with van der Waals surface area (Å²) in [6.45, 7) is 1.34. The van der Waals surface area contributed by atoms with Crippen LogP contribution in [-0.2, 0) is 26.1 Å². The number of hydrogen-bond acceptors (Lipinski definition) is 6. The summed E-state index contributed by atoms with van der Waals surface area (Å²) in [7, 11) is 1.77. The number of nitrogens with zero attached hydrogens (tertiary/aromatic N) is 8. The maximum absolute atomic E-state index is 15.4. The summed E-state index contributed by atoms with van der Waals surface area (Å²) < 4.78 is 64.5. The molecule has 1 N–H and O–H groups in total. The molecular formula is C25H21F4N9. The third-order valence-electron chi connectivity index (χ3n) is 6.45. The molecule has 0 saturated carbocycles. The van der Waals surface area contributed by atoms with Crippen LogP contribution in [0.1, 0.15) is 17.0 Å². The topological polar surface area (TPSA) is 91.3 Å². The van der Waals surface area contributed by atoms with E-state index in [9.17, 15) is 4.39 Å². The van der Waals surface area contributed by atoms with Crippen molar-refractivity contribution >= 4 is 11.8 Å². The highest BCUT2D eigenvalue weighted by atomic mass is 19.3. The zero-order valence-electron chi connectivity index (χ0n) is 20.3. The Hall–Kier alpha value is -4.55. The molecule has 0 unspecified atom stereocenters. The molecule has 0 fully saturated rings. The Morgan fingerprint density at radius 3 is 2.68 bits per heavy atom. The average Bonchev–Trinajstić information content (AvgIpc) is 3.58. The highest BCUT2D eigenvalue weighted by Crippen LogP contribution is 2.39. The summed E-state index contributed by atoms with van der Waals surface area (Å²) in [5.74, 6) is -4.66. The van der Waals surface area contributed by atoms with Crippen LogP contribution in [0.25, 0.3) is 22.8 Å². The van der Waals surface area contributed by atoms with E-state index >= 15 is 13.2 Å². The number of aromatic nitrogens is 8. The molecule has 5 heterocycles. The number of anilines is 2. The van der Waals surface area contributed by atoms with Gasteiger partial charge in [-0.25, -0.2) is 18.7 Å². The molecule has 13 heteroatoms. The van der Waals surface area contributed by atoms with E-state index < -0.39 is 35.8 Å². The first kappa shape index (κ1) is 23.8. The van der Waals surface area contributed by atoms with Crippen LogP contribution in [0.5, 0.6) is 0 Å². The lowest BCUT2D eigenvalue weighted by molar-refractivity contribution is 0.0238. The number of halogens is 4. The molecule has 194 valence electrons. The highest BCUT2D eigenvalue weighted by molar-refractivity contribution is 5.70. The minimum absolute atomic E-state index is 0.0577. The number of alkyl halides is 3. The second-order valence-corrected chi connectivity index (χ2v) is 9.07. The Balaban J connectivity index is 1.42. The summed E-state index contributed by atoms with van der Waals surface area (Å²) in [6, 6.07) is 8.02. The summed E-state index contributed by atoms with van der Waals surface area (Å²) in [4.78, 5) is 8.94. The third-order valence-corrected chi connectivity index (χ3v) is 6.45. The molecule has 0 amide bonds. The molecule has 6 rings (SSSR count). The number of fused-ring (bicyclic) bond motifs is 3. The van der Waals surface area contributed by atoms with E-state index in [1.807, 2.05) is 6.92 Å². The molecule has 0 saturated heterocycles. The predicted octanol–water partition coefficient (Wildman–Crippen LogP) is 4.62. The van der Waals surface area contributed by atoms with Gasteiger partial charge in [0.1, 0.15) is 17.8 Å². The summed E-state index contributed by atoms with van der Waals surface area (Å²) in [5.41, 5.74) is 1.49. The van der Waals surface area contributed by atoms with Crippen molar-refractivity contribution in [2.45, 2.75) is 32.1 Å². The van der Waals surface area contributed by atoms with E-state index in [-0.39, 0.29) is 12.4 Å². The first-order chi connectivity index (χ1) is 18.2. The van der Waals surface area contributed by atoms with Crippen LogP contribution in [0.3, 0.4) is 0 Å². The fourth-order valence-electron chi connectivity index (χ4n) is 4.59. The number of hydrogen-bond donors (Lipinski definition) is 1. The molecule has 1 aliphatic rings. The summed E-state index contributed by atoms with van der Waals surface area (Å²) in [6.07, 6.45) is 3.46. The molecule has 4 aromatic heterocycles. The monoisotopic (exact) mass is 523 g/mol. The second kappa shape index (κ2) is 8.78. The van der Waals surface area contributed by atoms with Gasteiger partial charge >= 0.3 is 5.92 Å². The van der Waals surface area contributed by atoms with Crippen LogP contribution in [0.2, 0.25) is 0 Å². The fourth-order valence-corrected chi connectivity index (χ4v) is 4.59. The van der Waals surface area contributed by atoms with Gasteiger partial charge in [0, 0.05) is 31.1 Å². The van der Waals surface area contributed by atoms with Gasteiger partial charge in [-0.1, -0.05) is 12.1 Å². The lowest BCUT2D eigenvalue weighted by Crippen LogP contribution is -2.25. The van der Waals surface area contributed by atoms with Gasteiger partial charge < -0.3 is 14.5 Å². The van der Waals surface area contributed by atoms with E-state index in [0.717, 1.165) is 22.3 Å². The molecule has 0 radical (unpaired) electrons. The van der Waals surface area contributed by atoms with Crippen molar-refractivity contribution in [1.29, 1.82) is 0 Å². The minimum Gasteiger partial charge on any atom is -0.341 e. The Kier molecular flexibility index (Phi) is 5.51. The molecule has 38 heavy (non-hydrogen) atoms. The van der Waals surface area contributed by atoms with E-state index in [4.69, 9.17) is 0 Å². The standard InChI is InChI=1S/C25H21F4N9/c1-14-10-30-24(32-20-7-8-31-36(20)2)33-21(14)15-9-19-22-34-35-23(38(22)13-16(26)12-37(19)11-15)25(28,29)17-5-3-4-6-18(17)27/h3-11,16H,12-13H2,1-2H3,(H,30,32,33)/t16-/m0/s1. The lowest BCUT2D eigenvalue weighted by Gasteiger charge is -2.18. The van der Waals surface area contributed by atoms with Gasteiger partial charge in [0.05, 0.1) is 36.2 Å². The first-order valence-corrected chi connectivity index (χ1v) is 11.7. The van der Waals surface area contributed by atoms with Crippen LogP contribution in [0.15, 0.2) is 55.0 Å². The van der Waals surface area contributed by atoms with Crippen molar-refractivity contribution in [3.05, 3.63) is 77.8 Å². The predicted molar refractivity (Wildman–Crippen MR) is 130 cm³/mol. The van der Waals surface area contributed by atoms with Crippen molar-refractivity contribution in [2.24, 2.45) is 7.05 Å². The van der Waals surface area contributed by atoms with Crippen molar-refractivity contribution in [3.8, 4) is 22.8 Å². The van der Waals surface area contributed by atoms with Gasteiger partial charge in [0.15, 0.2) is 5.82 Å². The van der Waals surface area contributed by atoms with Crippen molar-refractivity contribution < 1.29 is 17.6 Å². The molecule has 0 spiro atoms. The van der Waals surface area contributed by atoms with E-state index in [1.54, 1.807) is 47.0 Å². The average molecular weight is 523 g/mol. The smallest absolute Gasteiger partial charge is 0.334 e. The second-order valence-electron chi connectivity index (χ2n) is 9.07. The summed E-state index contributed by atoms with van der Waals surface area (Å²) >= 11 is 0. The van der Waals surface area contributed by atoms with Crippen molar-refractivity contribution in [1.82, 2.24) is 39.1 Å². The number of rotatable bonds is 5. The van der Waals surface area contributed by atoms with Crippen molar-refractivity contribution in [2.75, 3.05) is 5.32 Å². The molecule has 1 aromatic carbocycles. The first-order valence-electron chi connectivity index (χ1n) is 11.7. The van der Waals surface area contributed by atoms with Gasteiger partial charge in [-0.3, -0.25) is 4.68 Å². The zero-order valence-corrected chi connectivity index (χ0v) is 20.3. The van der Waals surface area contributed by atoms with Gasteiger partial charge in [-0.15, -0.1) is 10.2 Å². The molecule has 1 aliphatic heterocycles. The largest absolute Gasteiger partial charge is 0.341 e. The Labute approximate surface area is 213 Å². The maximum Gasteiger partial charge on any atom is 0.334 e. The van der Waals surface area contributed by atoms with Gasteiger partial charge in [-0.2, -0.15) is 13.9 Å². The number of nitrogens with one attached hydrogen (secondary N) is 1. The summed E-state index contributed by atoms with van der Waals surface area (Å²) in [5, 5.41) is 14.9. The molecular weight excluding hydrogens is 502 g/mol. The maximum atomic E-state index is 15.4. The van der Waals surface area contributed by atoms with E-state index in [0.29, 0.717) is 28.7 Å². The Morgan fingerprint density at radius 1 is 1.11 bits per heavy atom. The third kappa shape index (κ3) is 3.90. The van der Waals surface area contributed by atoms with Gasteiger partial charge in [0.2, 0.25) is 11.8 Å². The number of benzene rings is 1.